The molecule has 0 N–H and O–H groups in total. The number of para-hydroxylation sites is 1. The van der Waals surface area contributed by atoms with Crippen LogP contribution >= 0.6 is 11.3 Å². The molecule has 168 valence electrons. The standard InChI is InChI=1S/C23H26N4O4S/c1-26-20(15-9-12-30-13-10-15)25-21-19(22(26)29)24-23(32-21)27-11-5-8-17(27)18(28)14-31-16-6-3-2-4-7-16/h2-4,6-7,15,17H,5,8-14H2,1H3/t17-/m1/s1. The first kappa shape index (κ1) is 21.1. The lowest BCUT2D eigenvalue weighted by atomic mass is 9.99. The Hall–Kier alpha value is -2.78. The average molecular weight is 455 g/mol. The number of thiazole rings is 1. The topological polar surface area (TPSA) is 86.6 Å². The number of hydrogen-bond acceptors (Lipinski definition) is 8. The average Bonchev–Trinajstić information content (AvgIpc) is 3.48. The van der Waals surface area contributed by atoms with Gasteiger partial charge in [-0.25, -0.2) is 9.97 Å². The number of carbonyl (C=O) groups is 1. The highest BCUT2D eigenvalue weighted by atomic mass is 32.1. The van der Waals surface area contributed by atoms with Crippen LogP contribution in [0.2, 0.25) is 0 Å². The largest absolute Gasteiger partial charge is 0.486 e. The van der Waals surface area contributed by atoms with Crippen LogP contribution in [-0.4, -0.2) is 52.7 Å². The molecule has 2 aromatic heterocycles. The van der Waals surface area contributed by atoms with Crippen molar-refractivity contribution in [1.82, 2.24) is 14.5 Å². The molecule has 1 atom stereocenters. The molecule has 2 saturated heterocycles. The molecule has 2 aliphatic heterocycles. The van der Waals surface area contributed by atoms with E-state index in [0.29, 0.717) is 34.4 Å². The monoisotopic (exact) mass is 454 g/mol. The minimum absolute atomic E-state index is 0.0178. The zero-order valence-electron chi connectivity index (χ0n) is 18.0. The Morgan fingerprint density at radius 2 is 1.97 bits per heavy atom. The Kier molecular flexibility index (Phi) is 5.93. The molecule has 1 aromatic carbocycles. The van der Waals surface area contributed by atoms with Gasteiger partial charge in [0.25, 0.3) is 5.56 Å². The molecule has 0 radical (unpaired) electrons. The van der Waals surface area contributed by atoms with Crippen molar-refractivity contribution in [2.75, 3.05) is 31.3 Å². The van der Waals surface area contributed by atoms with E-state index < -0.39 is 0 Å². The minimum atomic E-state index is -0.293. The van der Waals surface area contributed by atoms with Gasteiger partial charge < -0.3 is 14.4 Å². The van der Waals surface area contributed by atoms with E-state index in [2.05, 4.69) is 4.98 Å². The van der Waals surface area contributed by atoms with Gasteiger partial charge in [0.05, 0.1) is 6.04 Å². The predicted molar refractivity (Wildman–Crippen MR) is 123 cm³/mol. The summed E-state index contributed by atoms with van der Waals surface area (Å²) in [6.07, 6.45) is 3.38. The number of rotatable bonds is 6. The fourth-order valence-corrected chi connectivity index (χ4v) is 5.51. The van der Waals surface area contributed by atoms with Crippen LogP contribution < -0.4 is 15.2 Å². The molecule has 0 aliphatic carbocycles. The second-order valence-corrected chi connectivity index (χ2v) is 9.25. The summed E-state index contributed by atoms with van der Waals surface area (Å²) >= 11 is 1.40. The van der Waals surface area contributed by atoms with Crippen molar-refractivity contribution in [3.8, 4) is 5.75 Å². The maximum Gasteiger partial charge on any atom is 0.280 e. The molecule has 0 amide bonds. The van der Waals surface area contributed by atoms with E-state index in [-0.39, 0.29) is 29.9 Å². The summed E-state index contributed by atoms with van der Waals surface area (Å²) in [6.45, 7) is 2.13. The number of carbonyl (C=O) groups excluding carboxylic acids is 1. The Balaban J connectivity index is 1.39. The molecule has 32 heavy (non-hydrogen) atoms. The molecule has 4 heterocycles. The molecule has 2 fully saturated rings. The van der Waals surface area contributed by atoms with E-state index in [9.17, 15) is 9.59 Å². The molecule has 9 heteroatoms. The Bertz CT molecular complexity index is 1170. The van der Waals surface area contributed by atoms with E-state index in [1.807, 2.05) is 35.2 Å². The first-order chi connectivity index (χ1) is 15.6. The van der Waals surface area contributed by atoms with Gasteiger partial charge in [0.15, 0.2) is 21.3 Å². The van der Waals surface area contributed by atoms with E-state index >= 15 is 0 Å². The summed E-state index contributed by atoms with van der Waals surface area (Å²) < 4.78 is 12.8. The number of Topliss-reactive ketones (excluding diaryl/α,β-unsaturated/α-hetero) is 1. The van der Waals surface area contributed by atoms with Crippen molar-refractivity contribution in [3.63, 3.8) is 0 Å². The Morgan fingerprint density at radius 3 is 2.75 bits per heavy atom. The number of anilines is 1. The van der Waals surface area contributed by atoms with Crippen molar-refractivity contribution in [2.45, 2.75) is 37.6 Å². The number of benzene rings is 1. The zero-order chi connectivity index (χ0) is 22.1. The molecular formula is C23H26N4O4S. The van der Waals surface area contributed by atoms with E-state index in [4.69, 9.17) is 14.5 Å². The molecule has 5 rings (SSSR count). The molecule has 3 aromatic rings. The quantitative estimate of drug-likeness (QED) is 0.566. The summed E-state index contributed by atoms with van der Waals surface area (Å²) in [7, 11) is 1.77. The third kappa shape index (κ3) is 4.02. The summed E-state index contributed by atoms with van der Waals surface area (Å²) in [5, 5.41) is 0.685. The zero-order valence-corrected chi connectivity index (χ0v) is 18.8. The highest BCUT2D eigenvalue weighted by Gasteiger charge is 2.33. The maximum absolute atomic E-state index is 13.0. The van der Waals surface area contributed by atoms with Crippen molar-refractivity contribution in [1.29, 1.82) is 0 Å². The summed E-state index contributed by atoms with van der Waals surface area (Å²) in [6, 6.07) is 9.05. The van der Waals surface area contributed by atoms with Crippen LogP contribution in [0, 0.1) is 0 Å². The maximum atomic E-state index is 13.0. The molecule has 0 saturated carbocycles. The lowest BCUT2D eigenvalue weighted by Crippen LogP contribution is -2.38. The number of nitrogens with zero attached hydrogens (tertiary/aromatic N) is 4. The molecule has 0 spiro atoms. The molecule has 0 unspecified atom stereocenters. The van der Waals surface area contributed by atoms with Gasteiger partial charge in [0, 0.05) is 32.7 Å². The van der Waals surface area contributed by atoms with Gasteiger partial charge in [0.1, 0.15) is 18.2 Å². The van der Waals surface area contributed by atoms with E-state index in [1.54, 1.807) is 11.6 Å². The lowest BCUT2D eigenvalue weighted by Gasteiger charge is -2.22. The number of hydrogen-bond donors (Lipinski definition) is 0. The van der Waals surface area contributed by atoms with Gasteiger partial charge in [0.2, 0.25) is 0 Å². The predicted octanol–water partition coefficient (Wildman–Crippen LogP) is 2.90. The highest BCUT2D eigenvalue weighted by molar-refractivity contribution is 7.21. The Labute approximate surface area is 189 Å². The first-order valence-corrected chi connectivity index (χ1v) is 11.9. The van der Waals surface area contributed by atoms with Crippen LogP contribution in [0.5, 0.6) is 5.75 Å². The van der Waals surface area contributed by atoms with Gasteiger partial charge in [-0.05, 0) is 37.8 Å². The van der Waals surface area contributed by atoms with Crippen LogP contribution in [0.1, 0.15) is 37.4 Å². The molecule has 2 aliphatic rings. The number of aromatic nitrogens is 3. The van der Waals surface area contributed by atoms with Crippen molar-refractivity contribution >= 4 is 32.6 Å². The second kappa shape index (κ2) is 8.99. The number of ketones is 1. The van der Waals surface area contributed by atoms with Gasteiger partial charge in [-0.2, -0.15) is 0 Å². The number of fused-ring (bicyclic) bond motifs is 1. The van der Waals surface area contributed by atoms with Gasteiger partial charge in [-0.3, -0.25) is 14.2 Å². The fourth-order valence-electron chi connectivity index (χ4n) is 4.50. The van der Waals surface area contributed by atoms with Gasteiger partial charge >= 0.3 is 0 Å². The van der Waals surface area contributed by atoms with E-state index in [0.717, 1.165) is 38.1 Å². The minimum Gasteiger partial charge on any atom is -0.486 e. The van der Waals surface area contributed by atoms with Crippen LogP contribution in [0.25, 0.3) is 10.3 Å². The van der Waals surface area contributed by atoms with Crippen molar-refractivity contribution in [3.05, 3.63) is 46.5 Å². The summed E-state index contributed by atoms with van der Waals surface area (Å²) in [4.78, 5) is 38.0. The van der Waals surface area contributed by atoms with Crippen LogP contribution in [0.4, 0.5) is 5.13 Å². The molecular weight excluding hydrogens is 428 g/mol. The van der Waals surface area contributed by atoms with E-state index in [1.165, 1.54) is 11.3 Å². The van der Waals surface area contributed by atoms with Crippen LogP contribution in [-0.2, 0) is 16.6 Å². The first-order valence-electron chi connectivity index (χ1n) is 11.0. The van der Waals surface area contributed by atoms with Crippen molar-refractivity contribution < 1.29 is 14.3 Å². The fraction of sp³-hybridized carbons (Fsp3) is 0.478. The smallest absolute Gasteiger partial charge is 0.280 e. The summed E-state index contributed by atoms with van der Waals surface area (Å²) in [5.74, 6) is 1.71. The highest BCUT2D eigenvalue weighted by Crippen LogP contribution is 2.33. The third-order valence-electron chi connectivity index (χ3n) is 6.25. The lowest BCUT2D eigenvalue weighted by molar-refractivity contribution is -0.122. The Morgan fingerprint density at radius 1 is 1.19 bits per heavy atom. The molecule has 0 bridgehead atoms. The SMILES string of the molecule is Cn1c(C2CCOCC2)nc2sc(N3CCC[C@@H]3C(=O)COc3ccccc3)nc2c1=O. The number of ether oxygens (including phenoxy) is 2. The normalized spacial score (nSPS) is 19.5. The van der Waals surface area contributed by atoms with Crippen molar-refractivity contribution in [2.24, 2.45) is 7.05 Å². The van der Waals surface area contributed by atoms with Crippen LogP contribution in [0.15, 0.2) is 35.1 Å². The van der Waals surface area contributed by atoms with Crippen LogP contribution in [0.3, 0.4) is 0 Å². The van der Waals surface area contributed by atoms with Gasteiger partial charge in [-0.1, -0.05) is 29.5 Å². The second-order valence-electron chi connectivity index (χ2n) is 8.29. The summed E-state index contributed by atoms with van der Waals surface area (Å²) in [5.41, 5.74) is 0.246. The third-order valence-corrected chi connectivity index (χ3v) is 7.23. The van der Waals surface area contributed by atoms with Gasteiger partial charge in [-0.15, -0.1) is 0 Å². The molecule has 8 nitrogen and oxygen atoms in total.